The molecule has 0 radical (unpaired) electrons. The Labute approximate surface area is 83.0 Å². The van der Waals surface area contributed by atoms with Gasteiger partial charge in [0.05, 0.1) is 19.2 Å². The molecule has 2 rings (SSSR count). The average Bonchev–Trinajstić information content (AvgIpc) is 2.70. The maximum atomic E-state index is 5.21. The van der Waals surface area contributed by atoms with Crippen molar-refractivity contribution in [3.8, 4) is 5.88 Å². The molecule has 1 aromatic rings. The average molecular weight is 191 g/mol. The van der Waals surface area contributed by atoms with E-state index in [1.165, 1.54) is 0 Å². The zero-order valence-electron chi connectivity index (χ0n) is 8.37. The van der Waals surface area contributed by atoms with Crippen molar-refractivity contribution in [3.05, 3.63) is 23.4 Å². The topological polar surface area (TPSA) is 46.5 Å². The van der Waals surface area contributed by atoms with E-state index in [9.17, 15) is 0 Å². The number of nitrogens with one attached hydrogen (secondary N) is 1. The Kier molecular flexibility index (Phi) is 2.35. The van der Waals surface area contributed by atoms with Crippen LogP contribution in [0.15, 0.2) is 17.1 Å². The van der Waals surface area contributed by atoms with Gasteiger partial charge in [0.1, 0.15) is 5.84 Å². The van der Waals surface area contributed by atoms with Crippen molar-refractivity contribution in [2.24, 2.45) is 4.99 Å². The van der Waals surface area contributed by atoms with Crippen LogP contribution in [-0.4, -0.2) is 31.0 Å². The summed E-state index contributed by atoms with van der Waals surface area (Å²) in [6.07, 6.45) is 0. The summed E-state index contributed by atoms with van der Waals surface area (Å²) in [7, 11) is 1.63. The van der Waals surface area contributed by atoms with Crippen molar-refractivity contribution in [1.82, 2.24) is 10.3 Å². The van der Waals surface area contributed by atoms with Crippen molar-refractivity contribution >= 4 is 5.84 Å². The van der Waals surface area contributed by atoms with Crippen LogP contribution in [-0.2, 0) is 0 Å². The van der Waals surface area contributed by atoms with E-state index >= 15 is 0 Å². The number of ether oxygens (including phenoxy) is 1. The number of aromatic nitrogens is 1. The van der Waals surface area contributed by atoms with E-state index in [1.807, 2.05) is 19.1 Å². The highest BCUT2D eigenvalue weighted by Crippen LogP contribution is 2.16. The van der Waals surface area contributed by atoms with Crippen LogP contribution in [0.1, 0.15) is 11.3 Å². The number of pyridine rings is 1. The van der Waals surface area contributed by atoms with Crippen LogP contribution in [0.5, 0.6) is 5.88 Å². The zero-order valence-corrected chi connectivity index (χ0v) is 8.37. The number of aliphatic imine (C=N–C) groups is 1. The van der Waals surface area contributed by atoms with Gasteiger partial charge >= 0.3 is 0 Å². The fourth-order valence-electron chi connectivity index (χ4n) is 1.45. The molecule has 1 N–H and O–H groups in total. The second-order valence-corrected chi connectivity index (χ2v) is 3.17. The monoisotopic (exact) mass is 191 g/mol. The lowest BCUT2D eigenvalue weighted by atomic mass is 10.2. The molecule has 0 aliphatic carbocycles. The first-order valence-corrected chi connectivity index (χ1v) is 4.61. The molecule has 0 fully saturated rings. The van der Waals surface area contributed by atoms with Gasteiger partial charge in [-0.25, -0.2) is 4.98 Å². The highest BCUT2D eigenvalue weighted by molar-refractivity contribution is 6.01. The lowest BCUT2D eigenvalue weighted by molar-refractivity contribution is 0.396. The molecule has 74 valence electrons. The number of hydrogen-bond acceptors (Lipinski definition) is 4. The van der Waals surface area contributed by atoms with Crippen LogP contribution in [0.2, 0.25) is 0 Å². The van der Waals surface area contributed by atoms with Crippen LogP contribution in [0.4, 0.5) is 0 Å². The molecule has 0 bridgehead atoms. The second kappa shape index (κ2) is 3.65. The molecule has 14 heavy (non-hydrogen) atoms. The Balaban J connectivity index is 2.41. The summed E-state index contributed by atoms with van der Waals surface area (Å²) in [5, 5.41) is 3.20. The second-order valence-electron chi connectivity index (χ2n) is 3.17. The third-order valence-corrected chi connectivity index (χ3v) is 2.12. The summed E-state index contributed by atoms with van der Waals surface area (Å²) in [6, 6.07) is 3.94. The number of hydrogen-bond donors (Lipinski definition) is 1. The molecule has 4 nitrogen and oxygen atoms in total. The van der Waals surface area contributed by atoms with Gasteiger partial charge in [-0.1, -0.05) is 0 Å². The highest BCUT2D eigenvalue weighted by Gasteiger charge is 2.13. The molecule has 0 amide bonds. The molecule has 1 aromatic heterocycles. The SMILES string of the molecule is COc1nc(C)ccc1C1=NCCN1. The fourth-order valence-corrected chi connectivity index (χ4v) is 1.45. The Hall–Kier alpha value is -1.58. The van der Waals surface area contributed by atoms with E-state index in [2.05, 4.69) is 15.3 Å². The van der Waals surface area contributed by atoms with Crippen molar-refractivity contribution in [1.29, 1.82) is 0 Å². The minimum absolute atomic E-state index is 0.637. The normalized spacial score (nSPS) is 14.9. The highest BCUT2D eigenvalue weighted by atomic mass is 16.5. The molecule has 0 spiro atoms. The van der Waals surface area contributed by atoms with Gasteiger partial charge in [0.25, 0.3) is 0 Å². The molecule has 1 aliphatic heterocycles. The van der Waals surface area contributed by atoms with Gasteiger partial charge in [0.15, 0.2) is 0 Å². The van der Waals surface area contributed by atoms with Crippen molar-refractivity contribution in [3.63, 3.8) is 0 Å². The van der Waals surface area contributed by atoms with E-state index < -0.39 is 0 Å². The number of aryl methyl sites for hydroxylation is 1. The Morgan fingerprint density at radius 2 is 2.29 bits per heavy atom. The van der Waals surface area contributed by atoms with Gasteiger partial charge in [-0.3, -0.25) is 4.99 Å². The number of nitrogens with zero attached hydrogens (tertiary/aromatic N) is 2. The summed E-state index contributed by atoms with van der Waals surface area (Å²) in [5.74, 6) is 1.52. The summed E-state index contributed by atoms with van der Waals surface area (Å²) in [5.41, 5.74) is 1.89. The molecule has 0 saturated heterocycles. The van der Waals surface area contributed by atoms with Crippen molar-refractivity contribution in [2.45, 2.75) is 6.92 Å². The van der Waals surface area contributed by atoms with E-state index in [0.717, 1.165) is 30.2 Å². The first kappa shape index (κ1) is 8.99. The minimum atomic E-state index is 0.637. The molecule has 4 heteroatoms. The third-order valence-electron chi connectivity index (χ3n) is 2.12. The molecular formula is C10H13N3O. The number of methoxy groups -OCH3 is 1. The predicted octanol–water partition coefficient (Wildman–Crippen LogP) is 0.748. The molecule has 0 saturated carbocycles. The molecule has 0 atom stereocenters. The summed E-state index contributed by atoms with van der Waals surface area (Å²) in [6.45, 7) is 3.66. The van der Waals surface area contributed by atoms with Crippen LogP contribution in [0.25, 0.3) is 0 Å². The molecule has 2 heterocycles. The number of amidine groups is 1. The van der Waals surface area contributed by atoms with E-state index in [1.54, 1.807) is 7.11 Å². The van der Waals surface area contributed by atoms with E-state index in [4.69, 9.17) is 4.74 Å². The molecule has 0 unspecified atom stereocenters. The molecular weight excluding hydrogens is 178 g/mol. The van der Waals surface area contributed by atoms with Crippen molar-refractivity contribution < 1.29 is 4.74 Å². The van der Waals surface area contributed by atoms with E-state index in [0.29, 0.717) is 5.88 Å². The summed E-state index contributed by atoms with van der Waals surface area (Å²) in [4.78, 5) is 8.62. The largest absolute Gasteiger partial charge is 0.480 e. The maximum absolute atomic E-state index is 5.21. The van der Waals surface area contributed by atoms with Crippen LogP contribution in [0, 0.1) is 6.92 Å². The quantitative estimate of drug-likeness (QED) is 0.750. The minimum Gasteiger partial charge on any atom is -0.480 e. The smallest absolute Gasteiger partial charge is 0.224 e. The summed E-state index contributed by atoms with van der Waals surface area (Å²) < 4.78 is 5.21. The zero-order chi connectivity index (χ0) is 9.97. The third kappa shape index (κ3) is 1.55. The van der Waals surface area contributed by atoms with Crippen LogP contribution in [0.3, 0.4) is 0 Å². The van der Waals surface area contributed by atoms with Gasteiger partial charge in [-0.2, -0.15) is 0 Å². The Bertz CT molecular complexity index is 374. The maximum Gasteiger partial charge on any atom is 0.224 e. The molecule has 0 aromatic carbocycles. The van der Waals surface area contributed by atoms with Crippen molar-refractivity contribution in [2.75, 3.05) is 20.2 Å². The predicted molar refractivity (Wildman–Crippen MR) is 54.9 cm³/mol. The lowest BCUT2D eigenvalue weighted by Crippen LogP contribution is -2.20. The molecule has 1 aliphatic rings. The van der Waals surface area contributed by atoms with Gasteiger partial charge in [-0.05, 0) is 19.1 Å². The van der Waals surface area contributed by atoms with Gasteiger partial charge in [0.2, 0.25) is 5.88 Å². The van der Waals surface area contributed by atoms with E-state index in [-0.39, 0.29) is 0 Å². The first-order chi connectivity index (χ1) is 6.81. The Morgan fingerprint density at radius 1 is 1.43 bits per heavy atom. The number of rotatable bonds is 2. The van der Waals surface area contributed by atoms with Crippen LogP contribution < -0.4 is 10.1 Å². The standard InChI is InChI=1S/C10H13N3O/c1-7-3-4-8(10(13-7)14-2)9-11-5-6-12-9/h3-4H,5-6H2,1-2H3,(H,11,12). The first-order valence-electron chi connectivity index (χ1n) is 4.61. The lowest BCUT2D eigenvalue weighted by Gasteiger charge is -2.08. The fraction of sp³-hybridized carbons (Fsp3) is 0.400. The Morgan fingerprint density at radius 3 is 2.93 bits per heavy atom. The van der Waals surface area contributed by atoms with Gasteiger partial charge in [-0.15, -0.1) is 0 Å². The summed E-state index contributed by atoms with van der Waals surface area (Å²) >= 11 is 0. The van der Waals surface area contributed by atoms with Crippen LogP contribution >= 0.6 is 0 Å². The van der Waals surface area contributed by atoms with Gasteiger partial charge < -0.3 is 10.1 Å². The van der Waals surface area contributed by atoms with Gasteiger partial charge in [0, 0.05) is 12.2 Å².